The van der Waals surface area contributed by atoms with Crippen molar-refractivity contribution in [2.75, 3.05) is 44.2 Å². The molecule has 3 saturated heterocycles. The number of thioether (sulfide) groups is 1. The van der Waals surface area contributed by atoms with E-state index in [0.29, 0.717) is 19.6 Å². The molecular formula is C21H39ClN14O2S. The summed E-state index contributed by atoms with van der Waals surface area (Å²) in [5.41, 5.74) is -0.334. The number of rotatable bonds is 7. The minimum absolute atomic E-state index is 0.0355. The fraction of sp³-hybridized carbons (Fsp3) is 0.810. The number of hydrazine groups is 1. The van der Waals surface area contributed by atoms with Crippen LogP contribution in [0.4, 0.5) is 0 Å². The van der Waals surface area contributed by atoms with Crippen LogP contribution in [0.3, 0.4) is 0 Å². The molecule has 10 N–H and O–H groups in total. The SMILES string of the molecule is CC(C)C(C(=O)N1CCC2(CC1)CN(N)C(NC(=O)C1NC(Cl)=C(N=NN)NC1N=NN)N2)N1CCSCC1. The number of nitrogens with one attached hydrogen (secondary N) is 4. The molecular weight excluding hydrogens is 548 g/mol. The highest BCUT2D eigenvalue weighted by atomic mass is 35.5. The topological polar surface area (TPSA) is 219 Å². The summed E-state index contributed by atoms with van der Waals surface area (Å²) in [6.07, 6.45) is -0.121. The van der Waals surface area contributed by atoms with Crippen LogP contribution in [0.5, 0.6) is 0 Å². The number of likely N-dealkylation sites (tertiary alicyclic amines) is 1. The van der Waals surface area contributed by atoms with E-state index in [1.54, 1.807) is 5.01 Å². The average Bonchev–Trinajstić information content (AvgIpc) is 3.20. The number of nitrogens with zero attached hydrogens (tertiary/aromatic N) is 7. The fourth-order valence-corrected chi connectivity index (χ4v) is 6.78. The van der Waals surface area contributed by atoms with Crippen LogP contribution >= 0.6 is 23.4 Å². The Labute approximate surface area is 236 Å². The second-order valence-corrected chi connectivity index (χ2v) is 12.1. The summed E-state index contributed by atoms with van der Waals surface area (Å²) >= 11 is 8.12. The number of hydrogen-bond acceptors (Lipinski definition) is 13. The molecule has 4 unspecified atom stereocenters. The fourth-order valence-electron chi connectivity index (χ4n) is 5.64. The summed E-state index contributed by atoms with van der Waals surface area (Å²) in [5.74, 6) is 18.9. The van der Waals surface area contributed by atoms with E-state index in [1.807, 2.05) is 16.7 Å². The number of amides is 2. The largest absolute Gasteiger partial charge is 0.358 e. The lowest BCUT2D eigenvalue weighted by Crippen LogP contribution is -2.63. The first kappa shape index (κ1) is 29.5. The molecule has 18 heteroatoms. The van der Waals surface area contributed by atoms with Gasteiger partial charge in [0.15, 0.2) is 12.0 Å². The normalized spacial score (nSPS) is 29.3. The molecule has 4 atom stereocenters. The van der Waals surface area contributed by atoms with Gasteiger partial charge in [-0.05, 0) is 18.8 Å². The van der Waals surface area contributed by atoms with Crippen molar-refractivity contribution in [2.45, 2.75) is 56.8 Å². The molecule has 4 aliphatic rings. The Balaban J connectivity index is 1.36. The smallest absolute Gasteiger partial charge is 0.249 e. The maximum Gasteiger partial charge on any atom is 0.249 e. The van der Waals surface area contributed by atoms with Crippen molar-refractivity contribution in [3.8, 4) is 0 Å². The Morgan fingerprint density at radius 2 is 1.82 bits per heavy atom. The third-order valence-electron chi connectivity index (χ3n) is 7.62. The summed E-state index contributed by atoms with van der Waals surface area (Å²) in [4.78, 5) is 31.1. The monoisotopic (exact) mass is 586 g/mol. The van der Waals surface area contributed by atoms with Crippen LogP contribution in [0, 0.1) is 5.92 Å². The first-order valence-electron chi connectivity index (χ1n) is 13.0. The van der Waals surface area contributed by atoms with Crippen molar-refractivity contribution in [3.63, 3.8) is 0 Å². The maximum absolute atomic E-state index is 13.6. The summed E-state index contributed by atoms with van der Waals surface area (Å²) in [5, 5.41) is 27.6. The molecule has 39 heavy (non-hydrogen) atoms. The first-order valence-corrected chi connectivity index (χ1v) is 14.5. The summed E-state index contributed by atoms with van der Waals surface area (Å²) in [7, 11) is 0. The van der Waals surface area contributed by atoms with Gasteiger partial charge < -0.3 is 32.5 Å². The molecule has 0 aromatic rings. The van der Waals surface area contributed by atoms with Gasteiger partial charge in [-0.1, -0.05) is 35.9 Å². The zero-order valence-electron chi connectivity index (χ0n) is 22.2. The van der Waals surface area contributed by atoms with Crippen molar-refractivity contribution in [2.24, 2.45) is 44.1 Å². The van der Waals surface area contributed by atoms with Gasteiger partial charge in [-0.25, -0.2) is 5.01 Å². The van der Waals surface area contributed by atoms with Crippen LogP contribution in [0.2, 0.25) is 0 Å². The van der Waals surface area contributed by atoms with Crippen molar-refractivity contribution in [1.82, 2.24) is 36.1 Å². The van der Waals surface area contributed by atoms with Gasteiger partial charge in [-0.2, -0.15) is 11.8 Å². The minimum Gasteiger partial charge on any atom is -0.358 e. The van der Waals surface area contributed by atoms with E-state index >= 15 is 0 Å². The van der Waals surface area contributed by atoms with Crippen molar-refractivity contribution < 1.29 is 9.59 Å². The number of carbonyl (C=O) groups is 2. The van der Waals surface area contributed by atoms with Gasteiger partial charge in [-0.3, -0.25) is 25.6 Å². The van der Waals surface area contributed by atoms with Gasteiger partial charge in [0.2, 0.25) is 11.8 Å². The zero-order chi connectivity index (χ0) is 28.2. The lowest BCUT2D eigenvalue weighted by molar-refractivity contribution is -0.140. The van der Waals surface area contributed by atoms with Crippen molar-refractivity contribution in [3.05, 3.63) is 11.0 Å². The Bertz CT molecular complexity index is 982. The lowest BCUT2D eigenvalue weighted by Gasteiger charge is -2.43. The third-order valence-corrected chi connectivity index (χ3v) is 8.85. The van der Waals surface area contributed by atoms with E-state index in [2.05, 4.69) is 60.7 Å². The van der Waals surface area contributed by atoms with Gasteiger partial charge in [0.05, 0.1) is 6.04 Å². The molecule has 0 bridgehead atoms. The number of hydrogen-bond donors (Lipinski definition) is 7. The van der Waals surface area contributed by atoms with Gasteiger partial charge >= 0.3 is 0 Å². The Hall–Kier alpha value is -2.44. The molecule has 218 valence electrons. The first-order chi connectivity index (χ1) is 18.7. The Morgan fingerprint density at radius 3 is 2.44 bits per heavy atom. The third kappa shape index (κ3) is 6.66. The molecule has 0 aromatic carbocycles. The second kappa shape index (κ2) is 12.8. The van der Waals surface area contributed by atoms with E-state index in [1.165, 1.54) is 0 Å². The highest BCUT2D eigenvalue weighted by molar-refractivity contribution is 7.99. The minimum atomic E-state index is -0.964. The van der Waals surface area contributed by atoms with E-state index in [-0.39, 0.29) is 34.4 Å². The predicted octanol–water partition coefficient (Wildman–Crippen LogP) is -1.50. The number of nitrogens with two attached hydrogens (primary N) is 3. The van der Waals surface area contributed by atoms with Crippen molar-refractivity contribution >= 4 is 35.2 Å². The van der Waals surface area contributed by atoms with Crippen molar-refractivity contribution in [1.29, 1.82) is 0 Å². The molecule has 0 aliphatic carbocycles. The molecule has 0 saturated carbocycles. The van der Waals surface area contributed by atoms with E-state index in [0.717, 1.165) is 37.4 Å². The van der Waals surface area contributed by atoms with Crippen LogP contribution in [0.25, 0.3) is 0 Å². The zero-order valence-corrected chi connectivity index (χ0v) is 23.8. The molecule has 16 nitrogen and oxygen atoms in total. The number of carbonyl (C=O) groups excluding carboxylic acids is 2. The van der Waals surface area contributed by atoms with E-state index in [9.17, 15) is 9.59 Å². The van der Waals surface area contributed by atoms with E-state index in [4.69, 9.17) is 29.1 Å². The van der Waals surface area contributed by atoms with Gasteiger partial charge in [0.25, 0.3) is 0 Å². The summed E-state index contributed by atoms with van der Waals surface area (Å²) in [6, 6.07) is -1.06. The lowest BCUT2D eigenvalue weighted by atomic mass is 9.87. The molecule has 2 amide bonds. The molecule has 1 spiro atoms. The van der Waals surface area contributed by atoms with Crippen LogP contribution in [0.1, 0.15) is 26.7 Å². The summed E-state index contributed by atoms with van der Waals surface area (Å²) in [6.45, 7) is 7.89. The Morgan fingerprint density at radius 1 is 1.13 bits per heavy atom. The van der Waals surface area contributed by atoms with Crippen LogP contribution in [-0.4, -0.2) is 101 Å². The van der Waals surface area contributed by atoms with Gasteiger partial charge in [0.1, 0.15) is 17.5 Å². The van der Waals surface area contributed by atoms with Gasteiger partial charge in [-0.15, -0.1) is 10.2 Å². The van der Waals surface area contributed by atoms with Crippen LogP contribution in [-0.2, 0) is 9.59 Å². The average molecular weight is 587 g/mol. The molecule has 3 fully saturated rings. The number of halogens is 1. The standard InChI is InChI=1S/C21H39ClN14O2S/c1-12(2)14(34-7-9-39-10-8-34)19(38)35-5-3-21(4-6-35)11-36(25)20(29-21)28-18(37)13-16(30-32-23)27-17(31-33-24)15(22)26-13/h12-14,16,20,26-27,29H,3-11,25H2,1-2H3,(H2,23,30)(H2,24,31)(H,28,37). The van der Waals surface area contributed by atoms with Crippen LogP contribution in [0.15, 0.2) is 31.7 Å². The number of piperidine rings is 1. The van der Waals surface area contributed by atoms with Gasteiger partial charge in [0, 0.05) is 49.8 Å². The highest BCUT2D eigenvalue weighted by Crippen LogP contribution is 2.30. The molecule has 0 radical (unpaired) electrons. The maximum atomic E-state index is 13.6. The predicted molar refractivity (Wildman–Crippen MR) is 147 cm³/mol. The molecule has 4 heterocycles. The molecule has 4 aliphatic heterocycles. The quantitative estimate of drug-likeness (QED) is 0.0787. The van der Waals surface area contributed by atoms with E-state index < -0.39 is 24.4 Å². The molecule has 0 aromatic heterocycles. The van der Waals surface area contributed by atoms with Crippen LogP contribution < -0.4 is 38.8 Å². The molecule has 4 rings (SSSR count). The second-order valence-electron chi connectivity index (χ2n) is 10.5. The summed E-state index contributed by atoms with van der Waals surface area (Å²) < 4.78 is 0. The Kier molecular flexibility index (Phi) is 9.71. The highest BCUT2D eigenvalue weighted by Gasteiger charge is 2.47.